The molecule has 4 N–H and O–H groups in total. The predicted octanol–water partition coefficient (Wildman–Crippen LogP) is 4.90. The van der Waals surface area contributed by atoms with Crippen molar-refractivity contribution in [2.45, 2.75) is 32.6 Å². The lowest BCUT2D eigenvalue weighted by Crippen LogP contribution is -1.97. The largest absolute Gasteiger partial charge is 0.399 e. The highest BCUT2D eigenvalue weighted by Crippen LogP contribution is 2.34. The molecule has 3 heteroatoms. The van der Waals surface area contributed by atoms with Crippen LogP contribution >= 0.6 is 11.6 Å². The first kappa shape index (κ1) is 14.7. The molecule has 0 aliphatic heterocycles. The lowest BCUT2D eigenvalue weighted by Gasteiger charge is -2.14. The van der Waals surface area contributed by atoms with Gasteiger partial charge in [-0.1, -0.05) is 49.6 Å². The van der Waals surface area contributed by atoms with Gasteiger partial charge in [-0.2, -0.15) is 0 Å². The molecular formula is C17H21ClN2. The molecule has 0 atom stereocenters. The van der Waals surface area contributed by atoms with Gasteiger partial charge in [-0.15, -0.1) is 0 Å². The molecule has 0 saturated carbocycles. The van der Waals surface area contributed by atoms with E-state index in [4.69, 9.17) is 23.1 Å². The Morgan fingerprint density at radius 1 is 0.950 bits per heavy atom. The van der Waals surface area contributed by atoms with Gasteiger partial charge >= 0.3 is 0 Å². The third-order valence-corrected chi connectivity index (χ3v) is 3.97. The van der Waals surface area contributed by atoms with Gasteiger partial charge in [0, 0.05) is 5.69 Å². The maximum Gasteiger partial charge on any atom is 0.0673 e. The summed E-state index contributed by atoms with van der Waals surface area (Å²) in [6.07, 6.45) is 4.47. The van der Waals surface area contributed by atoms with Crippen molar-refractivity contribution >= 4 is 23.0 Å². The third kappa shape index (κ3) is 3.26. The first-order valence-corrected chi connectivity index (χ1v) is 7.44. The summed E-state index contributed by atoms with van der Waals surface area (Å²) in [4.78, 5) is 0. The molecule has 106 valence electrons. The van der Waals surface area contributed by atoms with Crippen molar-refractivity contribution in [3.63, 3.8) is 0 Å². The smallest absolute Gasteiger partial charge is 0.0673 e. The number of nitrogen functional groups attached to an aromatic ring is 2. The molecule has 0 spiro atoms. The van der Waals surface area contributed by atoms with Crippen molar-refractivity contribution in [2.24, 2.45) is 0 Å². The summed E-state index contributed by atoms with van der Waals surface area (Å²) in [5, 5.41) is 0.690. The normalized spacial score (nSPS) is 10.7. The third-order valence-electron chi connectivity index (χ3n) is 3.53. The average molecular weight is 289 g/mol. The van der Waals surface area contributed by atoms with Crippen LogP contribution in [0.4, 0.5) is 11.4 Å². The second-order valence-corrected chi connectivity index (χ2v) is 5.45. The monoisotopic (exact) mass is 288 g/mol. The average Bonchev–Trinajstić information content (AvgIpc) is 2.45. The predicted molar refractivity (Wildman–Crippen MR) is 88.9 cm³/mol. The second kappa shape index (κ2) is 6.67. The topological polar surface area (TPSA) is 52.0 Å². The Labute approximate surface area is 125 Å². The van der Waals surface area contributed by atoms with Crippen molar-refractivity contribution in [3.8, 4) is 11.1 Å². The fraction of sp³-hybridized carbons (Fsp3) is 0.294. The number of nitrogens with two attached hydrogens (primary N) is 2. The minimum absolute atomic E-state index is 0.650. The molecule has 0 bridgehead atoms. The van der Waals surface area contributed by atoms with Gasteiger partial charge in [0.1, 0.15) is 0 Å². The standard InChI is InChI=1S/C17H21ClN2/c1-2-3-4-5-15-14(10-11-16(20)17(15)18)12-6-8-13(19)9-7-12/h6-11H,2-5,19-20H2,1H3. The summed E-state index contributed by atoms with van der Waals surface area (Å²) < 4.78 is 0. The maximum atomic E-state index is 6.41. The molecule has 0 saturated heterocycles. The molecule has 2 rings (SSSR count). The van der Waals surface area contributed by atoms with E-state index < -0.39 is 0 Å². The fourth-order valence-electron chi connectivity index (χ4n) is 2.37. The van der Waals surface area contributed by atoms with Crippen molar-refractivity contribution in [3.05, 3.63) is 47.0 Å². The van der Waals surface area contributed by atoms with E-state index in [9.17, 15) is 0 Å². The van der Waals surface area contributed by atoms with E-state index in [1.54, 1.807) is 0 Å². The van der Waals surface area contributed by atoms with Crippen molar-refractivity contribution in [1.82, 2.24) is 0 Å². The number of halogens is 1. The van der Waals surface area contributed by atoms with Crippen LogP contribution in [-0.4, -0.2) is 0 Å². The van der Waals surface area contributed by atoms with Gasteiger partial charge in [-0.25, -0.2) is 0 Å². The maximum absolute atomic E-state index is 6.41. The Bertz CT molecular complexity index is 576. The summed E-state index contributed by atoms with van der Waals surface area (Å²) in [7, 11) is 0. The van der Waals surface area contributed by atoms with Crippen LogP contribution in [0.1, 0.15) is 31.7 Å². The molecule has 0 radical (unpaired) electrons. The molecule has 2 aromatic carbocycles. The van der Waals surface area contributed by atoms with Gasteiger partial charge in [0.05, 0.1) is 10.7 Å². The SMILES string of the molecule is CCCCCc1c(-c2ccc(N)cc2)ccc(N)c1Cl. The molecule has 2 nitrogen and oxygen atoms in total. The van der Waals surface area contributed by atoms with Gasteiger partial charge in [0.15, 0.2) is 0 Å². The van der Waals surface area contributed by atoms with Crippen molar-refractivity contribution < 1.29 is 0 Å². The summed E-state index contributed by atoms with van der Waals surface area (Å²) >= 11 is 6.41. The molecular weight excluding hydrogens is 268 g/mol. The zero-order valence-corrected chi connectivity index (χ0v) is 12.6. The molecule has 2 aromatic rings. The highest BCUT2D eigenvalue weighted by Gasteiger charge is 2.11. The van der Waals surface area contributed by atoms with Crippen molar-refractivity contribution in [1.29, 1.82) is 0 Å². The molecule has 0 aliphatic rings. The van der Waals surface area contributed by atoms with Gasteiger partial charge in [-0.3, -0.25) is 0 Å². The highest BCUT2D eigenvalue weighted by atomic mass is 35.5. The Morgan fingerprint density at radius 2 is 1.65 bits per heavy atom. The molecule has 0 fully saturated rings. The Balaban J connectivity index is 2.41. The zero-order valence-electron chi connectivity index (χ0n) is 11.8. The Kier molecular flexibility index (Phi) is 4.91. The van der Waals surface area contributed by atoms with E-state index in [-0.39, 0.29) is 0 Å². The van der Waals surface area contributed by atoms with Crippen LogP contribution in [0.15, 0.2) is 36.4 Å². The van der Waals surface area contributed by atoms with Gasteiger partial charge in [0.2, 0.25) is 0 Å². The number of hydrogen-bond donors (Lipinski definition) is 2. The Morgan fingerprint density at radius 3 is 2.30 bits per heavy atom. The summed E-state index contributed by atoms with van der Waals surface area (Å²) in [5.74, 6) is 0. The van der Waals surface area contributed by atoms with Crippen molar-refractivity contribution in [2.75, 3.05) is 11.5 Å². The first-order valence-electron chi connectivity index (χ1n) is 7.06. The zero-order chi connectivity index (χ0) is 14.5. The van der Waals surface area contributed by atoms with Gasteiger partial charge < -0.3 is 11.5 Å². The van der Waals surface area contributed by atoms with Gasteiger partial charge in [-0.05, 0) is 47.7 Å². The number of benzene rings is 2. The number of anilines is 2. The fourth-order valence-corrected chi connectivity index (χ4v) is 2.63. The van der Waals surface area contributed by atoms with E-state index in [1.165, 1.54) is 12.8 Å². The molecule has 0 aliphatic carbocycles. The van der Waals surface area contributed by atoms with Crippen LogP contribution in [0.3, 0.4) is 0 Å². The quantitative estimate of drug-likeness (QED) is 0.607. The molecule has 0 unspecified atom stereocenters. The van der Waals surface area contributed by atoms with E-state index in [0.717, 1.165) is 35.2 Å². The summed E-state index contributed by atoms with van der Waals surface area (Å²) in [6, 6.07) is 11.8. The lowest BCUT2D eigenvalue weighted by atomic mass is 9.95. The van der Waals surface area contributed by atoms with E-state index in [1.807, 2.05) is 36.4 Å². The van der Waals surface area contributed by atoms with Crippen LogP contribution < -0.4 is 11.5 Å². The van der Waals surface area contributed by atoms with Crippen LogP contribution in [0.25, 0.3) is 11.1 Å². The minimum Gasteiger partial charge on any atom is -0.399 e. The van der Waals surface area contributed by atoms with Gasteiger partial charge in [0.25, 0.3) is 0 Å². The number of hydrogen-bond acceptors (Lipinski definition) is 2. The molecule has 20 heavy (non-hydrogen) atoms. The van der Waals surface area contributed by atoms with Crippen LogP contribution in [-0.2, 0) is 6.42 Å². The van der Waals surface area contributed by atoms with E-state index >= 15 is 0 Å². The summed E-state index contributed by atoms with van der Waals surface area (Å²) in [5.41, 5.74) is 16.5. The van der Waals surface area contributed by atoms with Crippen LogP contribution in [0.2, 0.25) is 5.02 Å². The number of rotatable bonds is 5. The van der Waals surface area contributed by atoms with Crippen LogP contribution in [0.5, 0.6) is 0 Å². The molecule has 0 amide bonds. The van der Waals surface area contributed by atoms with Crippen LogP contribution in [0, 0.1) is 0 Å². The summed E-state index contributed by atoms with van der Waals surface area (Å²) in [6.45, 7) is 2.20. The molecule has 0 heterocycles. The Hall–Kier alpha value is -1.67. The second-order valence-electron chi connectivity index (χ2n) is 5.07. The lowest BCUT2D eigenvalue weighted by molar-refractivity contribution is 0.718. The minimum atomic E-state index is 0.650. The first-order chi connectivity index (χ1) is 9.63. The highest BCUT2D eigenvalue weighted by molar-refractivity contribution is 6.34. The molecule has 0 aromatic heterocycles. The number of unbranched alkanes of at least 4 members (excludes halogenated alkanes) is 2. The van der Waals surface area contributed by atoms with E-state index in [0.29, 0.717) is 10.7 Å². The van der Waals surface area contributed by atoms with E-state index in [2.05, 4.69) is 6.92 Å².